The molecule has 0 fully saturated rings. The minimum absolute atomic E-state index is 0.0358. The second kappa shape index (κ2) is 10.2. The maximum Gasteiger partial charge on any atom is 0.409 e. The van der Waals surface area contributed by atoms with Gasteiger partial charge in [0, 0.05) is 23.4 Å². The minimum Gasteiger partial charge on any atom is -0.453 e. The molecule has 192 valence electrons. The van der Waals surface area contributed by atoms with Gasteiger partial charge in [0.15, 0.2) is 9.84 Å². The van der Waals surface area contributed by atoms with Crippen LogP contribution >= 0.6 is 22.7 Å². The van der Waals surface area contributed by atoms with Gasteiger partial charge in [-0.2, -0.15) is 0 Å². The van der Waals surface area contributed by atoms with Crippen LogP contribution in [0.3, 0.4) is 0 Å². The van der Waals surface area contributed by atoms with Crippen LogP contribution in [0.1, 0.15) is 16.9 Å². The largest absolute Gasteiger partial charge is 0.453 e. The number of fused-ring (bicyclic) bond motifs is 2. The van der Waals surface area contributed by atoms with Crippen molar-refractivity contribution in [3.05, 3.63) is 64.8 Å². The number of halogens is 1. The van der Waals surface area contributed by atoms with E-state index in [0.717, 1.165) is 43.4 Å². The molecule has 0 radical (unpaired) electrons. The Bertz CT molecular complexity index is 1560. The maximum absolute atomic E-state index is 13.2. The monoisotopic (exact) mass is 559 g/mol. The van der Waals surface area contributed by atoms with Gasteiger partial charge in [-0.1, -0.05) is 12.1 Å². The van der Waals surface area contributed by atoms with Gasteiger partial charge in [0.2, 0.25) is 5.91 Å². The van der Waals surface area contributed by atoms with Crippen molar-refractivity contribution >= 4 is 59.7 Å². The number of carbonyl (C=O) groups excluding carboxylic acids is 2. The van der Waals surface area contributed by atoms with E-state index in [1.165, 1.54) is 41.9 Å². The highest BCUT2D eigenvalue weighted by molar-refractivity contribution is 7.91. The van der Waals surface area contributed by atoms with E-state index in [1.807, 2.05) is 24.3 Å². The van der Waals surface area contributed by atoms with Crippen molar-refractivity contribution < 1.29 is 27.1 Å². The molecule has 1 aliphatic rings. The standard InChI is InChI=1S/C25H22FN3O5S3/c1-34-25(31)29-12-10-17-20(14-29)36-24(22(17)23-27-18-4-2-3-5-19(18)35-23)28-21(30)11-13-37(32,33)16-8-6-15(26)7-9-16/h2-9H,10-14H2,1H3,(H,28,30). The summed E-state index contributed by atoms with van der Waals surface area (Å²) in [5.74, 6) is -1.41. The molecule has 1 aliphatic heterocycles. The molecule has 0 bridgehead atoms. The molecule has 0 saturated heterocycles. The molecule has 4 aromatic rings. The predicted molar refractivity (Wildman–Crippen MR) is 141 cm³/mol. The molecule has 3 heterocycles. The van der Waals surface area contributed by atoms with E-state index in [2.05, 4.69) is 5.32 Å². The number of rotatable bonds is 6. The van der Waals surface area contributed by atoms with E-state index in [-0.39, 0.29) is 11.3 Å². The number of amides is 2. The number of thiazole rings is 1. The highest BCUT2D eigenvalue weighted by Crippen LogP contribution is 2.45. The molecule has 37 heavy (non-hydrogen) atoms. The van der Waals surface area contributed by atoms with Crippen molar-refractivity contribution in [1.82, 2.24) is 9.88 Å². The Morgan fingerprint density at radius 1 is 1.14 bits per heavy atom. The van der Waals surface area contributed by atoms with Crippen molar-refractivity contribution in [2.75, 3.05) is 24.7 Å². The molecule has 5 rings (SSSR count). The zero-order valence-corrected chi connectivity index (χ0v) is 22.1. The van der Waals surface area contributed by atoms with Crippen LogP contribution in [0.15, 0.2) is 53.4 Å². The van der Waals surface area contributed by atoms with Gasteiger partial charge in [0.05, 0.1) is 34.5 Å². The van der Waals surface area contributed by atoms with Crippen molar-refractivity contribution in [2.45, 2.75) is 24.3 Å². The SMILES string of the molecule is COC(=O)N1CCc2c(sc(NC(=O)CCS(=O)(=O)c3ccc(F)cc3)c2-c2nc3ccccc3s2)C1. The number of para-hydroxylation sites is 1. The molecule has 1 N–H and O–H groups in total. The minimum atomic E-state index is -3.76. The fraction of sp³-hybridized carbons (Fsp3) is 0.240. The summed E-state index contributed by atoms with van der Waals surface area (Å²) in [6, 6.07) is 12.3. The zero-order valence-electron chi connectivity index (χ0n) is 19.7. The quantitative estimate of drug-likeness (QED) is 0.330. The van der Waals surface area contributed by atoms with Crippen LogP contribution in [0, 0.1) is 5.82 Å². The summed E-state index contributed by atoms with van der Waals surface area (Å²) in [5.41, 5.74) is 2.66. The number of thiophene rings is 1. The van der Waals surface area contributed by atoms with Crippen molar-refractivity contribution in [1.29, 1.82) is 0 Å². The third kappa shape index (κ3) is 5.22. The van der Waals surface area contributed by atoms with Gasteiger partial charge < -0.3 is 15.0 Å². The number of aromatic nitrogens is 1. The van der Waals surface area contributed by atoms with E-state index in [4.69, 9.17) is 9.72 Å². The Kier molecular flexibility index (Phi) is 6.97. The molecule has 2 aromatic carbocycles. The van der Waals surface area contributed by atoms with E-state index in [9.17, 15) is 22.4 Å². The van der Waals surface area contributed by atoms with Crippen LogP contribution in [0.4, 0.5) is 14.2 Å². The molecule has 0 spiro atoms. The predicted octanol–water partition coefficient (Wildman–Crippen LogP) is 5.09. The van der Waals surface area contributed by atoms with Gasteiger partial charge >= 0.3 is 6.09 Å². The van der Waals surface area contributed by atoms with Crippen LogP contribution in [0.5, 0.6) is 0 Å². The first-order valence-corrected chi connectivity index (χ1v) is 14.7. The molecule has 0 saturated carbocycles. The summed E-state index contributed by atoms with van der Waals surface area (Å²) in [7, 11) is -2.42. The van der Waals surface area contributed by atoms with E-state index in [1.54, 1.807) is 4.90 Å². The van der Waals surface area contributed by atoms with Crippen molar-refractivity contribution in [3.8, 4) is 10.6 Å². The second-order valence-corrected chi connectivity index (χ2v) is 12.7. The Morgan fingerprint density at radius 3 is 2.62 bits per heavy atom. The van der Waals surface area contributed by atoms with Gasteiger partial charge in [0.1, 0.15) is 15.8 Å². The molecule has 2 aromatic heterocycles. The fourth-order valence-electron chi connectivity index (χ4n) is 4.16. The van der Waals surface area contributed by atoms with E-state index in [0.29, 0.717) is 24.5 Å². The number of nitrogens with one attached hydrogen (secondary N) is 1. The molecule has 0 unspecified atom stereocenters. The van der Waals surface area contributed by atoms with Gasteiger partial charge in [-0.05, 0) is 48.4 Å². The third-order valence-corrected chi connectivity index (χ3v) is 9.94. The van der Waals surface area contributed by atoms with E-state index >= 15 is 0 Å². The average molecular weight is 560 g/mol. The topological polar surface area (TPSA) is 106 Å². The molecular formula is C25H22FN3O5S3. The van der Waals surface area contributed by atoms with Gasteiger partial charge in [-0.15, -0.1) is 22.7 Å². The smallest absolute Gasteiger partial charge is 0.409 e. The number of ether oxygens (including phenoxy) is 1. The number of sulfone groups is 1. The van der Waals surface area contributed by atoms with Crippen LogP contribution in [-0.2, 0) is 32.3 Å². The van der Waals surface area contributed by atoms with Gasteiger partial charge in [0.25, 0.3) is 0 Å². The highest BCUT2D eigenvalue weighted by Gasteiger charge is 2.30. The lowest BCUT2D eigenvalue weighted by molar-refractivity contribution is -0.115. The highest BCUT2D eigenvalue weighted by atomic mass is 32.2. The van der Waals surface area contributed by atoms with Crippen LogP contribution in [0.25, 0.3) is 20.8 Å². The van der Waals surface area contributed by atoms with Crippen LogP contribution in [0.2, 0.25) is 0 Å². The number of methoxy groups -OCH3 is 1. The maximum atomic E-state index is 13.2. The fourth-order valence-corrected chi connectivity index (χ4v) is 7.79. The Labute approximate surface area is 220 Å². The number of hydrogen-bond acceptors (Lipinski definition) is 8. The summed E-state index contributed by atoms with van der Waals surface area (Å²) < 4.78 is 44.3. The molecule has 12 heteroatoms. The normalized spacial score (nSPS) is 13.4. The molecule has 8 nitrogen and oxygen atoms in total. The second-order valence-electron chi connectivity index (χ2n) is 8.41. The molecule has 0 aliphatic carbocycles. The Hall–Kier alpha value is -3.35. The lowest BCUT2D eigenvalue weighted by Crippen LogP contribution is -2.35. The summed E-state index contributed by atoms with van der Waals surface area (Å²) in [6.07, 6.45) is -0.117. The number of carbonyl (C=O) groups is 2. The van der Waals surface area contributed by atoms with E-state index < -0.39 is 33.4 Å². The summed E-state index contributed by atoms with van der Waals surface area (Å²) in [5, 5.41) is 4.21. The van der Waals surface area contributed by atoms with Crippen LogP contribution in [-0.4, -0.2) is 49.7 Å². The number of hydrogen-bond donors (Lipinski definition) is 1. The summed E-state index contributed by atoms with van der Waals surface area (Å²) in [6.45, 7) is 0.816. The van der Waals surface area contributed by atoms with Crippen LogP contribution < -0.4 is 5.32 Å². The Balaban J connectivity index is 1.42. The first-order valence-electron chi connectivity index (χ1n) is 11.4. The average Bonchev–Trinajstić information content (AvgIpc) is 3.47. The summed E-state index contributed by atoms with van der Waals surface area (Å²) in [4.78, 5) is 32.3. The Morgan fingerprint density at radius 2 is 1.89 bits per heavy atom. The molecular weight excluding hydrogens is 537 g/mol. The number of nitrogens with zero attached hydrogens (tertiary/aromatic N) is 2. The third-order valence-electron chi connectivity index (χ3n) is 6.02. The zero-order chi connectivity index (χ0) is 26.2. The molecule has 0 atom stereocenters. The van der Waals surface area contributed by atoms with Crippen molar-refractivity contribution in [2.24, 2.45) is 0 Å². The molecule has 2 amide bonds. The lowest BCUT2D eigenvalue weighted by atomic mass is 10.0. The number of anilines is 1. The summed E-state index contributed by atoms with van der Waals surface area (Å²) >= 11 is 2.86. The van der Waals surface area contributed by atoms with Gasteiger partial charge in [-0.25, -0.2) is 22.6 Å². The lowest BCUT2D eigenvalue weighted by Gasteiger charge is -2.25. The van der Waals surface area contributed by atoms with Gasteiger partial charge in [-0.3, -0.25) is 4.79 Å². The first-order chi connectivity index (χ1) is 17.7. The first kappa shape index (κ1) is 25.3. The number of benzene rings is 2. The van der Waals surface area contributed by atoms with Crippen molar-refractivity contribution in [3.63, 3.8) is 0 Å².